The van der Waals surface area contributed by atoms with Gasteiger partial charge < -0.3 is 15.7 Å². The van der Waals surface area contributed by atoms with Gasteiger partial charge in [0.25, 0.3) is 0 Å². The molecule has 0 aliphatic carbocycles. The van der Waals surface area contributed by atoms with Gasteiger partial charge >= 0.3 is 0 Å². The standard InChI is InChI=1S/C6H6O.2C3H6N2/c7-6-4-2-1-3-5-6;2*1-2-5-3-4-1/h1-5,7H;2*3H,1-2H2,(H,4,5). The van der Waals surface area contributed by atoms with Crippen LogP contribution in [0.5, 0.6) is 5.75 Å². The quantitative estimate of drug-likeness (QED) is 0.616. The highest BCUT2D eigenvalue weighted by Crippen LogP contribution is 2.02. The second kappa shape index (κ2) is 9.21. The number of hydrogen-bond donors (Lipinski definition) is 3. The first-order valence-electron chi connectivity index (χ1n) is 5.57. The summed E-state index contributed by atoms with van der Waals surface area (Å²) >= 11 is 0. The van der Waals surface area contributed by atoms with Crippen molar-refractivity contribution in [2.75, 3.05) is 26.2 Å². The predicted molar refractivity (Wildman–Crippen MR) is 70.8 cm³/mol. The summed E-state index contributed by atoms with van der Waals surface area (Å²) in [6.07, 6.45) is 3.47. The summed E-state index contributed by atoms with van der Waals surface area (Å²) in [7, 11) is 0. The minimum Gasteiger partial charge on any atom is -0.508 e. The van der Waals surface area contributed by atoms with E-state index in [4.69, 9.17) is 5.11 Å². The van der Waals surface area contributed by atoms with E-state index in [2.05, 4.69) is 20.6 Å². The first-order valence-corrected chi connectivity index (χ1v) is 5.57. The number of phenols is 1. The molecular weight excluding hydrogens is 216 g/mol. The first kappa shape index (κ1) is 13.0. The van der Waals surface area contributed by atoms with E-state index in [0.717, 1.165) is 26.2 Å². The van der Waals surface area contributed by atoms with Crippen molar-refractivity contribution in [1.29, 1.82) is 0 Å². The van der Waals surface area contributed by atoms with Gasteiger partial charge in [-0.1, -0.05) is 18.2 Å². The molecule has 0 saturated heterocycles. The molecule has 5 heteroatoms. The molecule has 0 fully saturated rings. The van der Waals surface area contributed by atoms with Crippen LogP contribution in [0.15, 0.2) is 40.3 Å². The molecule has 92 valence electrons. The maximum atomic E-state index is 8.63. The van der Waals surface area contributed by atoms with Crippen molar-refractivity contribution in [2.24, 2.45) is 9.98 Å². The zero-order valence-electron chi connectivity index (χ0n) is 9.71. The van der Waals surface area contributed by atoms with Gasteiger partial charge in [0.15, 0.2) is 0 Å². The Hall–Kier alpha value is -2.04. The van der Waals surface area contributed by atoms with Crippen LogP contribution in [0, 0.1) is 0 Å². The van der Waals surface area contributed by atoms with Crippen molar-refractivity contribution in [3.63, 3.8) is 0 Å². The second-order valence-electron chi connectivity index (χ2n) is 3.31. The second-order valence-corrected chi connectivity index (χ2v) is 3.31. The highest BCUT2D eigenvalue weighted by atomic mass is 16.3. The highest BCUT2D eigenvalue weighted by molar-refractivity contribution is 5.56. The molecule has 2 aliphatic heterocycles. The number of para-hydroxylation sites is 1. The van der Waals surface area contributed by atoms with Crippen LogP contribution in [-0.4, -0.2) is 44.0 Å². The van der Waals surface area contributed by atoms with Crippen LogP contribution in [0.2, 0.25) is 0 Å². The molecule has 0 radical (unpaired) electrons. The van der Waals surface area contributed by atoms with Crippen LogP contribution in [0.1, 0.15) is 0 Å². The number of nitrogens with zero attached hydrogens (tertiary/aromatic N) is 2. The van der Waals surface area contributed by atoms with E-state index in [1.807, 2.05) is 6.07 Å². The lowest BCUT2D eigenvalue weighted by molar-refractivity contribution is 0.475. The molecule has 1 aromatic rings. The maximum absolute atomic E-state index is 8.63. The van der Waals surface area contributed by atoms with Gasteiger partial charge in [0.05, 0.1) is 25.8 Å². The first-order chi connectivity index (χ1) is 8.39. The van der Waals surface area contributed by atoms with Crippen molar-refractivity contribution < 1.29 is 5.11 Å². The SMILES string of the molecule is C1=NCCN1.C1=NCCN1.Oc1ccccc1. The van der Waals surface area contributed by atoms with Crippen LogP contribution in [0.3, 0.4) is 0 Å². The Labute approximate surface area is 101 Å². The smallest absolute Gasteiger partial charge is 0.115 e. The maximum Gasteiger partial charge on any atom is 0.115 e. The Kier molecular flexibility index (Phi) is 7.05. The van der Waals surface area contributed by atoms with Crippen molar-refractivity contribution in [1.82, 2.24) is 10.6 Å². The van der Waals surface area contributed by atoms with Crippen molar-refractivity contribution in [3.05, 3.63) is 30.3 Å². The average Bonchev–Trinajstić information content (AvgIpc) is 3.09. The normalized spacial score (nSPS) is 14.8. The molecule has 0 saturated carbocycles. The number of nitrogens with one attached hydrogen (secondary N) is 2. The van der Waals surface area contributed by atoms with E-state index in [1.165, 1.54) is 0 Å². The summed E-state index contributed by atoms with van der Waals surface area (Å²) in [5, 5.41) is 14.5. The topological polar surface area (TPSA) is 69.0 Å². The van der Waals surface area contributed by atoms with E-state index < -0.39 is 0 Å². The molecular formula is C12H18N4O. The predicted octanol–water partition coefficient (Wildman–Crippen LogP) is 0.628. The molecule has 0 bridgehead atoms. The van der Waals surface area contributed by atoms with Gasteiger partial charge in [-0.25, -0.2) is 0 Å². The van der Waals surface area contributed by atoms with Gasteiger partial charge in [0, 0.05) is 13.1 Å². The van der Waals surface area contributed by atoms with Crippen LogP contribution in [-0.2, 0) is 0 Å². The Bertz CT molecular complexity index is 310. The lowest BCUT2D eigenvalue weighted by Crippen LogP contribution is -2.04. The molecule has 3 rings (SSSR count). The molecule has 0 spiro atoms. The van der Waals surface area contributed by atoms with Gasteiger partial charge in [-0.2, -0.15) is 0 Å². The van der Waals surface area contributed by atoms with Crippen LogP contribution >= 0.6 is 0 Å². The fourth-order valence-corrected chi connectivity index (χ4v) is 1.07. The number of phenolic OH excluding ortho intramolecular Hbond substituents is 1. The lowest BCUT2D eigenvalue weighted by atomic mass is 10.3. The molecule has 2 heterocycles. The largest absolute Gasteiger partial charge is 0.508 e. The van der Waals surface area contributed by atoms with Crippen LogP contribution in [0.4, 0.5) is 0 Å². The molecule has 3 N–H and O–H groups in total. The Morgan fingerprint density at radius 3 is 1.59 bits per heavy atom. The summed E-state index contributed by atoms with van der Waals surface area (Å²) in [5.41, 5.74) is 0. The number of hydrogen-bond acceptors (Lipinski definition) is 5. The van der Waals surface area contributed by atoms with E-state index in [0.29, 0.717) is 5.75 Å². The number of benzene rings is 1. The molecule has 0 aromatic heterocycles. The average molecular weight is 234 g/mol. The third-order valence-electron chi connectivity index (χ3n) is 1.89. The highest BCUT2D eigenvalue weighted by Gasteiger charge is 1.83. The number of aliphatic imine (C=N–C) groups is 2. The van der Waals surface area contributed by atoms with E-state index in [1.54, 1.807) is 36.9 Å². The van der Waals surface area contributed by atoms with Gasteiger partial charge in [-0.15, -0.1) is 0 Å². The van der Waals surface area contributed by atoms with Gasteiger partial charge in [-0.3, -0.25) is 9.98 Å². The summed E-state index contributed by atoms with van der Waals surface area (Å²) in [4.78, 5) is 7.69. The van der Waals surface area contributed by atoms with E-state index in [-0.39, 0.29) is 0 Å². The summed E-state index contributed by atoms with van der Waals surface area (Å²) in [6, 6.07) is 8.71. The molecule has 0 unspecified atom stereocenters. The Balaban J connectivity index is 0.000000130. The minimum atomic E-state index is 0.322. The van der Waals surface area contributed by atoms with Gasteiger partial charge in [0.2, 0.25) is 0 Å². The summed E-state index contributed by atoms with van der Waals surface area (Å²) in [5.74, 6) is 0.322. The van der Waals surface area contributed by atoms with Crippen molar-refractivity contribution >= 4 is 12.7 Å². The molecule has 2 aliphatic rings. The van der Waals surface area contributed by atoms with E-state index in [9.17, 15) is 0 Å². The minimum absolute atomic E-state index is 0.322. The molecule has 5 nitrogen and oxygen atoms in total. The van der Waals surface area contributed by atoms with E-state index >= 15 is 0 Å². The zero-order valence-corrected chi connectivity index (χ0v) is 9.71. The fourth-order valence-electron chi connectivity index (χ4n) is 1.07. The number of aromatic hydroxyl groups is 1. The summed E-state index contributed by atoms with van der Waals surface area (Å²) < 4.78 is 0. The lowest BCUT2D eigenvalue weighted by Gasteiger charge is -1.82. The Morgan fingerprint density at radius 2 is 1.41 bits per heavy atom. The molecule has 17 heavy (non-hydrogen) atoms. The third kappa shape index (κ3) is 7.84. The monoisotopic (exact) mass is 234 g/mol. The fraction of sp³-hybridized carbons (Fsp3) is 0.333. The van der Waals surface area contributed by atoms with Gasteiger partial charge in [0.1, 0.15) is 5.75 Å². The third-order valence-corrected chi connectivity index (χ3v) is 1.89. The van der Waals surface area contributed by atoms with Gasteiger partial charge in [-0.05, 0) is 12.1 Å². The molecule has 0 atom stereocenters. The van der Waals surface area contributed by atoms with Crippen molar-refractivity contribution in [3.8, 4) is 5.75 Å². The number of rotatable bonds is 0. The summed E-state index contributed by atoms with van der Waals surface area (Å²) in [6.45, 7) is 3.97. The Morgan fingerprint density at radius 1 is 0.882 bits per heavy atom. The van der Waals surface area contributed by atoms with Crippen LogP contribution < -0.4 is 10.6 Å². The van der Waals surface area contributed by atoms with Crippen molar-refractivity contribution in [2.45, 2.75) is 0 Å². The zero-order chi connectivity index (χ0) is 12.2. The molecule has 0 amide bonds. The van der Waals surface area contributed by atoms with Crippen LogP contribution in [0.25, 0.3) is 0 Å². The molecule has 1 aromatic carbocycles.